The molecule has 1 heterocycles. The van der Waals surface area contributed by atoms with E-state index in [1.807, 2.05) is 24.3 Å². The van der Waals surface area contributed by atoms with Gasteiger partial charge in [0.1, 0.15) is 5.75 Å². The number of halogens is 4. The zero-order valence-corrected chi connectivity index (χ0v) is 17.8. The van der Waals surface area contributed by atoms with Crippen LogP contribution in [-0.2, 0) is 11.3 Å². The molecule has 0 spiro atoms. The van der Waals surface area contributed by atoms with Crippen LogP contribution in [0.1, 0.15) is 5.56 Å². The highest BCUT2D eigenvalue weighted by Crippen LogP contribution is 2.24. The lowest BCUT2D eigenvalue weighted by molar-refractivity contribution is -0.274. The van der Waals surface area contributed by atoms with Crippen molar-refractivity contribution in [3.05, 3.63) is 54.1 Å². The van der Waals surface area contributed by atoms with E-state index in [4.69, 9.17) is 10.5 Å². The average Bonchev–Trinajstić information content (AvgIpc) is 2.68. The smallest absolute Gasteiger partial charge is 0.406 e. The number of morpholine rings is 1. The van der Waals surface area contributed by atoms with E-state index in [1.165, 1.54) is 24.3 Å². The molecule has 0 atom stereocenters. The second-order valence-corrected chi connectivity index (χ2v) is 6.16. The van der Waals surface area contributed by atoms with Crippen molar-refractivity contribution in [3.63, 3.8) is 0 Å². The van der Waals surface area contributed by atoms with Crippen molar-refractivity contribution in [1.29, 1.82) is 0 Å². The second-order valence-electron chi connectivity index (χ2n) is 6.16. The van der Waals surface area contributed by atoms with Crippen LogP contribution in [0.25, 0.3) is 0 Å². The van der Waals surface area contributed by atoms with Gasteiger partial charge in [0.25, 0.3) is 0 Å². The molecule has 0 aromatic heterocycles. The summed E-state index contributed by atoms with van der Waals surface area (Å²) in [6, 6.07) is 13.3. The van der Waals surface area contributed by atoms with Crippen molar-refractivity contribution in [1.82, 2.24) is 0 Å². The number of rotatable bonds is 5. The summed E-state index contributed by atoms with van der Waals surface area (Å²) in [6.45, 7) is 3.61. The summed E-state index contributed by atoms with van der Waals surface area (Å²) in [5, 5.41) is 2.83. The number of nitrogens with one attached hydrogen (secondary N) is 1. The van der Waals surface area contributed by atoms with Gasteiger partial charge in [0.2, 0.25) is 0 Å². The van der Waals surface area contributed by atoms with E-state index in [0.29, 0.717) is 12.2 Å². The van der Waals surface area contributed by atoms with Gasteiger partial charge in [0.15, 0.2) is 5.96 Å². The van der Waals surface area contributed by atoms with Gasteiger partial charge in [-0.25, -0.2) is 4.99 Å². The molecule has 0 radical (unpaired) electrons. The highest BCUT2D eigenvalue weighted by atomic mass is 127. The minimum atomic E-state index is -4.72. The maximum absolute atomic E-state index is 12.2. The molecule has 0 saturated carbocycles. The van der Waals surface area contributed by atoms with E-state index in [1.54, 1.807) is 0 Å². The lowest BCUT2D eigenvalue weighted by Crippen LogP contribution is -2.36. The molecule has 158 valence electrons. The molecule has 0 amide bonds. The van der Waals surface area contributed by atoms with Crippen LogP contribution in [0.3, 0.4) is 0 Å². The normalized spacial score (nSPS) is 14.9. The Morgan fingerprint density at radius 1 is 1.07 bits per heavy atom. The number of anilines is 2. The molecular formula is C19H22F3IN4O2. The summed E-state index contributed by atoms with van der Waals surface area (Å²) in [7, 11) is 0. The van der Waals surface area contributed by atoms with Crippen LogP contribution in [0, 0.1) is 0 Å². The molecule has 1 aliphatic heterocycles. The summed E-state index contributed by atoms with van der Waals surface area (Å²) in [4.78, 5) is 6.51. The van der Waals surface area contributed by atoms with Crippen molar-refractivity contribution in [3.8, 4) is 5.75 Å². The topological polar surface area (TPSA) is 72.1 Å². The molecule has 3 rings (SSSR count). The summed E-state index contributed by atoms with van der Waals surface area (Å²) in [6.07, 6.45) is -4.72. The standard InChI is InChI=1S/C19H21F3N4O2.HI/c20-19(21,22)28-17-7-3-15(4-8-17)25-18(23)24-13-14-1-5-16(6-2-14)26-9-11-27-12-10-26;/h1-8H,9-13H2,(H3,23,24,25);1H. The Kier molecular flexibility index (Phi) is 8.38. The summed E-state index contributed by atoms with van der Waals surface area (Å²) in [5.41, 5.74) is 8.50. The molecular weight excluding hydrogens is 500 g/mol. The van der Waals surface area contributed by atoms with Crippen molar-refractivity contribution in [2.24, 2.45) is 10.7 Å². The van der Waals surface area contributed by atoms with Crippen LogP contribution in [0.4, 0.5) is 24.5 Å². The average molecular weight is 522 g/mol. The van der Waals surface area contributed by atoms with Gasteiger partial charge in [0, 0.05) is 24.5 Å². The number of hydrogen-bond acceptors (Lipinski definition) is 4. The zero-order valence-electron chi connectivity index (χ0n) is 15.5. The van der Waals surface area contributed by atoms with Crippen LogP contribution in [-0.4, -0.2) is 38.6 Å². The first kappa shape index (κ1) is 23.1. The van der Waals surface area contributed by atoms with E-state index in [9.17, 15) is 13.2 Å². The molecule has 0 unspecified atom stereocenters. The number of guanidine groups is 1. The van der Waals surface area contributed by atoms with Gasteiger partial charge in [-0.3, -0.25) is 0 Å². The number of nitrogens with zero attached hydrogens (tertiary/aromatic N) is 2. The molecule has 2 aromatic rings. The Morgan fingerprint density at radius 2 is 1.69 bits per heavy atom. The van der Waals surface area contributed by atoms with Crippen molar-refractivity contribution < 1.29 is 22.6 Å². The number of aliphatic imine (C=N–C) groups is 1. The number of nitrogens with two attached hydrogens (primary N) is 1. The number of benzene rings is 2. The van der Waals surface area contributed by atoms with Gasteiger partial charge in [-0.05, 0) is 42.0 Å². The molecule has 1 fully saturated rings. The lowest BCUT2D eigenvalue weighted by Gasteiger charge is -2.28. The molecule has 3 N–H and O–H groups in total. The van der Waals surface area contributed by atoms with E-state index in [2.05, 4.69) is 19.9 Å². The number of ether oxygens (including phenoxy) is 2. The monoisotopic (exact) mass is 522 g/mol. The molecule has 29 heavy (non-hydrogen) atoms. The molecule has 2 aromatic carbocycles. The molecule has 1 aliphatic rings. The van der Waals surface area contributed by atoms with Gasteiger partial charge in [-0.15, -0.1) is 37.1 Å². The van der Waals surface area contributed by atoms with E-state index < -0.39 is 6.36 Å². The van der Waals surface area contributed by atoms with Crippen molar-refractivity contribution in [2.45, 2.75) is 12.9 Å². The fourth-order valence-corrected chi connectivity index (χ4v) is 2.74. The maximum atomic E-state index is 12.2. The first-order chi connectivity index (χ1) is 13.4. The summed E-state index contributed by atoms with van der Waals surface area (Å²) in [5.74, 6) is -0.129. The van der Waals surface area contributed by atoms with E-state index in [0.717, 1.165) is 37.6 Å². The highest BCUT2D eigenvalue weighted by molar-refractivity contribution is 14.0. The Balaban J connectivity index is 0.00000300. The van der Waals surface area contributed by atoms with Crippen LogP contribution in [0.15, 0.2) is 53.5 Å². The Hall–Kier alpha value is -2.21. The van der Waals surface area contributed by atoms with E-state index in [-0.39, 0.29) is 35.7 Å². The lowest BCUT2D eigenvalue weighted by atomic mass is 10.2. The SMILES string of the molecule is I.NC(=NCc1ccc(N2CCOCC2)cc1)Nc1ccc(OC(F)(F)F)cc1. The number of hydrogen-bond donors (Lipinski definition) is 2. The largest absolute Gasteiger partial charge is 0.573 e. The third kappa shape index (κ3) is 7.61. The predicted octanol–water partition coefficient (Wildman–Crippen LogP) is 3.97. The van der Waals surface area contributed by atoms with Crippen LogP contribution >= 0.6 is 24.0 Å². The first-order valence-electron chi connectivity index (χ1n) is 8.73. The molecule has 0 aliphatic carbocycles. The molecule has 1 saturated heterocycles. The Bertz CT molecular complexity index is 793. The minimum absolute atomic E-state index is 0. The van der Waals surface area contributed by atoms with Crippen molar-refractivity contribution >= 4 is 41.3 Å². The third-order valence-corrected chi connectivity index (χ3v) is 4.10. The molecule has 0 bridgehead atoms. The molecule has 6 nitrogen and oxygen atoms in total. The van der Waals surface area contributed by atoms with Gasteiger partial charge >= 0.3 is 6.36 Å². The quantitative estimate of drug-likeness (QED) is 0.354. The third-order valence-electron chi connectivity index (χ3n) is 4.10. The van der Waals surface area contributed by atoms with Gasteiger partial charge < -0.3 is 25.4 Å². The van der Waals surface area contributed by atoms with Gasteiger partial charge in [0.05, 0.1) is 19.8 Å². The van der Waals surface area contributed by atoms with Gasteiger partial charge in [-0.2, -0.15) is 0 Å². The second kappa shape index (κ2) is 10.5. The van der Waals surface area contributed by atoms with Crippen LogP contribution < -0.4 is 20.7 Å². The maximum Gasteiger partial charge on any atom is 0.573 e. The van der Waals surface area contributed by atoms with E-state index >= 15 is 0 Å². The van der Waals surface area contributed by atoms with Crippen LogP contribution in [0.5, 0.6) is 5.75 Å². The Morgan fingerprint density at radius 3 is 2.28 bits per heavy atom. The van der Waals surface area contributed by atoms with Gasteiger partial charge in [-0.1, -0.05) is 12.1 Å². The number of alkyl halides is 3. The minimum Gasteiger partial charge on any atom is -0.406 e. The van der Waals surface area contributed by atoms with Crippen LogP contribution in [0.2, 0.25) is 0 Å². The summed E-state index contributed by atoms with van der Waals surface area (Å²) >= 11 is 0. The Labute approximate surface area is 183 Å². The molecule has 10 heteroatoms. The fraction of sp³-hybridized carbons (Fsp3) is 0.316. The first-order valence-corrected chi connectivity index (χ1v) is 8.73. The van der Waals surface area contributed by atoms with Crippen molar-refractivity contribution in [2.75, 3.05) is 36.5 Å². The fourth-order valence-electron chi connectivity index (χ4n) is 2.74. The predicted molar refractivity (Wildman–Crippen MR) is 117 cm³/mol. The summed E-state index contributed by atoms with van der Waals surface area (Å²) < 4.78 is 45.6. The zero-order chi connectivity index (χ0) is 20.0. The highest BCUT2D eigenvalue weighted by Gasteiger charge is 2.30.